The first-order chi connectivity index (χ1) is 8.97. The topological polar surface area (TPSA) is 70.5 Å². The van der Waals surface area contributed by atoms with Gasteiger partial charge in [0, 0.05) is 13.6 Å². The average molecular weight is 282 g/mol. The average Bonchev–Trinajstić information content (AvgIpc) is 2.37. The molecule has 1 heterocycles. The second kappa shape index (κ2) is 7.13. The Bertz CT molecular complexity index is 477. The Morgan fingerprint density at radius 3 is 2.63 bits per heavy atom. The maximum atomic E-state index is 12.1. The van der Waals surface area contributed by atoms with Gasteiger partial charge in [-0.25, -0.2) is 9.78 Å². The molecule has 0 unspecified atom stereocenters. The molecule has 0 atom stereocenters. The van der Waals surface area contributed by atoms with Crippen LogP contribution in [0.5, 0.6) is 0 Å². The third-order valence-electron chi connectivity index (χ3n) is 2.72. The van der Waals surface area contributed by atoms with E-state index in [1.165, 1.54) is 12.1 Å². The zero-order valence-corrected chi connectivity index (χ0v) is 12.2. The third kappa shape index (κ3) is 4.24. The van der Waals surface area contributed by atoms with Crippen molar-refractivity contribution in [3.63, 3.8) is 0 Å². The molecule has 0 bridgehead atoms. The van der Waals surface area contributed by atoms with Crippen LogP contribution in [0.3, 0.4) is 0 Å². The fourth-order valence-corrected chi connectivity index (χ4v) is 2.07. The first-order valence-corrected chi connectivity index (χ1v) is 7.32. The zero-order chi connectivity index (χ0) is 14.4. The largest absolute Gasteiger partial charge is 0.478 e. The molecule has 1 aromatic rings. The fraction of sp³-hybridized carbons (Fsp3) is 0.462. The molecule has 19 heavy (non-hydrogen) atoms. The number of hydrogen-bond acceptors (Lipinski definition) is 4. The van der Waals surface area contributed by atoms with E-state index in [2.05, 4.69) is 4.98 Å². The normalized spacial score (nSPS) is 10.3. The number of pyridine rings is 1. The zero-order valence-electron chi connectivity index (χ0n) is 11.3. The quantitative estimate of drug-likeness (QED) is 0.807. The highest BCUT2D eigenvalue weighted by atomic mass is 32.2. The second-order valence-electron chi connectivity index (χ2n) is 4.21. The van der Waals surface area contributed by atoms with E-state index >= 15 is 0 Å². The predicted molar refractivity (Wildman–Crippen MR) is 75.9 cm³/mol. The number of aryl methyl sites for hydroxylation is 1. The molecule has 0 spiro atoms. The monoisotopic (exact) mass is 282 g/mol. The minimum Gasteiger partial charge on any atom is -0.478 e. The summed E-state index contributed by atoms with van der Waals surface area (Å²) in [5.41, 5.74) is 0.770. The van der Waals surface area contributed by atoms with Gasteiger partial charge in [0.2, 0.25) is 0 Å². The number of carboxylic acids is 1. The standard InChI is InChI=1S/C13H18N2O3S/c1-9-10(13(17)18)5-6-11(14-9)12(16)15(2)7-4-8-19-3/h5-6H,4,7-8H2,1-3H3,(H,17,18). The van der Waals surface area contributed by atoms with Crippen molar-refractivity contribution in [2.75, 3.05) is 25.6 Å². The Hall–Kier alpha value is -1.56. The van der Waals surface area contributed by atoms with Crippen molar-refractivity contribution in [1.82, 2.24) is 9.88 Å². The van der Waals surface area contributed by atoms with Gasteiger partial charge >= 0.3 is 5.97 Å². The summed E-state index contributed by atoms with van der Waals surface area (Å²) in [6, 6.07) is 2.89. The summed E-state index contributed by atoms with van der Waals surface area (Å²) in [6.45, 7) is 2.26. The lowest BCUT2D eigenvalue weighted by Crippen LogP contribution is -2.29. The number of carbonyl (C=O) groups excluding carboxylic acids is 1. The summed E-state index contributed by atoms with van der Waals surface area (Å²) >= 11 is 1.74. The lowest BCUT2D eigenvalue weighted by atomic mass is 10.2. The first kappa shape index (κ1) is 15.5. The van der Waals surface area contributed by atoms with Crippen LogP contribution in [0.2, 0.25) is 0 Å². The van der Waals surface area contributed by atoms with Crippen molar-refractivity contribution in [1.29, 1.82) is 0 Å². The molecule has 0 radical (unpaired) electrons. The number of carbonyl (C=O) groups is 2. The van der Waals surface area contributed by atoms with Crippen LogP contribution >= 0.6 is 11.8 Å². The second-order valence-corrected chi connectivity index (χ2v) is 5.19. The number of nitrogens with zero attached hydrogens (tertiary/aromatic N) is 2. The molecule has 0 aromatic carbocycles. The molecule has 6 heteroatoms. The molecule has 5 nitrogen and oxygen atoms in total. The number of aromatic nitrogens is 1. The summed E-state index contributed by atoms with van der Waals surface area (Å²) in [6.07, 6.45) is 2.95. The SMILES string of the molecule is CSCCCN(C)C(=O)c1ccc(C(=O)O)c(C)n1. The van der Waals surface area contributed by atoms with Crippen LogP contribution in [-0.4, -0.2) is 52.5 Å². The molecule has 0 saturated heterocycles. The Kier molecular flexibility index (Phi) is 5.82. The van der Waals surface area contributed by atoms with Gasteiger partial charge in [-0.3, -0.25) is 4.79 Å². The Morgan fingerprint density at radius 2 is 2.11 bits per heavy atom. The van der Waals surface area contributed by atoms with Crippen molar-refractivity contribution >= 4 is 23.6 Å². The molecule has 0 aliphatic heterocycles. The van der Waals surface area contributed by atoms with Crippen LogP contribution in [0.1, 0.15) is 33.0 Å². The van der Waals surface area contributed by atoms with Crippen LogP contribution in [0.4, 0.5) is 0 Å². The third-order valence-corrected chi connectivity index (χ3v) is 3.42. The Morgan fingerprint density at radius 1 is 1.42 bits per heavy atom. The summed E-state index contributed by atoms with van der Waals surface area (Å²) in [4.78, 5) is 28.6. The lowest BCUT2D eigenvalue weighted by molar-refractivity contribution is 0.0693. The molecule has 0 aliphatic rings. The van der Waals surface area contributed by atoms with Gasteiger partial charge < -0.3 is 10.0 Å². The minimum atomic E-state index is -1.03. The molecule has 0 fully saturated rings. The Balaban J connectivity index is 2.77. The maximum absolute atomic E-state index is 12.1. The first-order valence-electron chi connectivity index (χ1n) is 5.92. The van der Waals surface area contributed by atoms with Gasteiger partial charge in [-0.2, -0.15) is 11.8 Å². The van der Waals surface area contributed by atoms with Crippen molar-refractivity contribution in [2.24, 2.45) is 0 Å². The molecule has 1 amide bonds. The van der Waals surface area contributed by atoms with Crippen LogP contribution in [0.15, 0.2) is 12.1 Å². The summed E-state index contributed by atoms with van der Waals surface area (Å²) in [5.74, 6) is -0.208. The molecular formula is C13H18N2O3S. The number of carboxylic acid groups (broad SMARTS) is 1. The van der Waals surface area contributed by atoms with E-state index < -0.39 is 5.97 Å². The van der Waals surface area contributed by atoms with E-state index in [0.29, 0.717) is 12.2 Å². The van der Waals surface area contributed by atoms with E-state index in [1.54, 1.807) is 30.6 Å². The van der Waals surface area contributed by atoms with E-state index in [1.807, 2.05) is 6.26 Å². The van der Waals surface area contributed by atoms with Gasteiger partial charge in [-0.15, -0.1) is 0 Å². The molecule has 1 N–H and O–H groups in total. The van der Waals surface area contributed by atoms with Crippen molar-refractivity contribution in [3.8, 4) is 0 Å². The van der Waals surface area contributed by atoms with Gasteiger partial charge in [0.25, 0.3) is 5.91 Å². The number of hydrogen-bond donors (Lipinski definition) is 1. The van der Waals surface area contributed by atoms with Crippen LogP contribution in [0, 0.1) is 6.92 Å². The maximum Gasteiger partial charge on any atom is 0.337 e. The molecular weight excluding hydrogens is 264 g/mol. The molecule has 104 valence electrons. The van der Waals surface area contributed by atoms with Gasteiger partial charge in [0.05, 0.1) is 11.3 Å². The summed E-state index contributed by atoms with van der Waals surface area (Å²) < 4.78 is 0. The highest BCUT2D eigenvalue weighted by molar-refractivity contribution is 7.98. The molecule has 0 aliphatic carbocycles. The number of aromatic carboxylic acids is 1. The molecule has 1 rings (SSSR count). The minimum absolute atomic E-state index is 0.126. The van der Waals surface area contributed by atoms with Gasteiger partial charge in [-0.1, -0.05) is 0 Å². The predicted octanol–water partition coefficient (Wildman–Crippen LogP) is 1.91. The molecule has 1 aromatic heterocycles. The summed E-state index contributed by atoms with van der Waals surface area (Å²) in [7, 11) is 1.73. The van der Waals surface area contributed by atoms with E-state index in [-0.39, 0.29) is 17.2 Å². The fourth-order valence-electron chi connectivity index (χ4n) is 1.65. The van der Waals surface area contributed by atoms with E-state index in [4.69, 9.17) is 5.11 Å². The number of thioether (sulfide) groups is 1. The number of amides is 1. The van der Waals surface area contributed by atoms with Crippen LogP contribution in [0.25, 0.3) is 0 Å². The van der Waals surface area contributed by atoms with E-state index in [9.17, 15) is 9.59 Å². The van der Waals surface area contributed by atoms with Crippen molar-refractivity contribution in [3.05, 3.63) is 29.1 Å². The van der Waals surface area contributed by atoms with Gasteiger partial charge in [0.1, 0.15) is 5.69 Å². The van der Waals surface area contributed by atoms with Gasteiger partial charge in [-0.05, 0) is 37.5 Å². The highest BCUT2D eigenvalue weighted by Crippen LogP contribution is 2.09. The van der Waals surface area contributed by atoms with Gasteiger partial charge in [0.15, 0.2) is 0 Å². The van der Waals surface area contributed by atoms with Crippen molar-refractivity contribution in [2.45, 2.75) is 13.3 Å². The van der Waals surface area contributed by atoms with Crippen LogP contribution < -0.4 is 0 Å². The molecule has 0 saturated carbocycles. The lowest BCUT2D eigenvalue weighted by Gasteiger charge is -2.16. The van der Waals surface area contributed by atoms with Crippen LogP contribution in [-0.2, 0) is 0 Å². The highest BCUT2D eigenvalue weighted by Gasteiger charge is 2.15. The Labute approximate surface area is 117 Å². The number of rotatable bonds is 6. The summed E-state index contributed by atoms with van der Waals surface area (Å²) in [5, 5.41) is 8.91. The van der Waals surface area contributed by atoms with E-state index in [0.717, 1.165) is 12.2 Å². The smallest absolute Gasteiger partial charge is 0.337 e. The van der Waals surface area contributed by atoms with Crippen molar-refractivity contribution < 1.29 is 14.7 Å².